The fourth-order valence-corrected chi connectivity index (χ4v) is 2.80. The van der Waals surface area contributed by atoms with Crippen LogP contribution in [-0.2, 0) is 11.2 Å². The molecule has 0 bridgehead atoms. The summed E-state index contributed by atoms with van der Waals surface area (Å²) in [6, 6.07) is 5.81. The molecule has 1 amide bonds. The number of ether oxygens (including phenoxy) is 1. The van der Waals surface area contributed by atoms with Crippen molar-refractivity contribution in [2.75, 3.05) is 18.5 Å². The zero-order valence-corrected chi connectivity index (χ0v) is 11.2. The average Bonchev–Trinajstić information content (AvgIpc) is 2.86. The van der Waals surface area contributed by atoms with Crippen LogP contribution in [0.5, 0.6) is 5.75 Å². The van der Waals surface area contributed by atoms with E-state index in [1.807, 2.05) is 18.2 Å². The predicted molar refractivity (Wildman–Crippen MR) is 74.5 cm³/mol. The number of benzene rings is 1. The van der Waals surface area contributed by atoms with Gasteiger partial charge in [-0.2, -0.15) is 0 Å². The lowest BCUT2D eigenvalue weighted by molar-refractivity contribution is -0.119. The third-order valence-corrected chi connectivity index (χ3v) is 3.94. The standard InChI is InChI=1S/C15H20N2O2/c1-10-4-6-16-13(8-10)15(18)17-12-2-3-14-11(9-12)5-7-19-14/h2-3,9-10,13,16H,4-8H2,1H3,(H,17,18). The Morgan fingerprint density at radius 1 is 1.47 bits per heavy atom. The molecule has 4 heteroatoms. The Bertz CT molecular complexity index is 487. The van der Waals surface area contributed by atoms with Crippen molar-refractivity contribution in [2.24, 2.45) is 5.92 Å². The molecule has 0 spiro atoms. The lowest BCUT2D eigenvalue weighted by Gasteiger charge is -2.27. The second-order valence-electron chi connectivity index (χ2n) is 5.55. The van der Waals surface area contributed by atoms with Crippen molar-refractivity contribution in [1.82, 2.24) is 5.32 Å². The zero-order chi connectivity index (χ0) is 13.2. The van der Waals surface area contributed by atoms with Crippen molar-refractivity contribution in [3.05, 3.63) is 23.8 Å². The third kappa shape index (κ3) is 2.73. The number of fused-ring (bicyclic) bond motifs is 1. The van der Waals surface area contributed by atoms with Crippen LogP contribution in [0.3, 0.4) is 0 Å². The van der Waals surface area contributed by atoms with E-state index < -0.39 is 0 Å². The number of nitrogens with one attached hydrogen (secondary N) is 2. The first-order valence-electron chi connectivity index (χ1n) is 7.02. The molecule has 19 heavy (non-hydrogen) atoms. The van der Waals surface area contributed by atoms with E-state index in [2.05, 4.69) is 17.6 Å². The number of carbonyl (C=O) groups is 1. The van der Waals surface area contributed by atoms with Crippen molar-refractivity contribution >= 4 is 11.6 Å². The van der Waals surface area contributed by atoms with Gasteiger partial charge in [-0.05, 0) is 49.1 Å². The van der Waals surface area contributed by atoms with Crippen molar-refractivity contribution < 1.29 is 9.53 Å². The second kappa shape index (κ2) is 5.21. The molecule has 2 atom stereocenters. The van der Waals surface area contributed by atoms with E-state index in [4.69, 9.17) is 4.74 Å². The Labute approximate surface area is 113 Å². The van der Waals surface area contributed by atoms with E-state index in [9.17, 15) is 4.79 Å². The summed E-state index contributed by atoms with van der Waals surface area (Å²) in [5, 5.41) is 6.29. The molecule has 2 heterocycles. The molecule has 4 nitrogen and oxygen atoms in total. The number of carbonyl (C=O) groups excluding carboxylic acids is 1. The van der Waals surface area contributed by atoms with Crippen LogP contribution in [0.2, 0.25) is 0 Å². The molecular formula is C15H20N2O2. The minimum absolute atomic E-state index is 0.0618. The minimum atomic E-state index is -0.0618. The topological polar surface area (TPSA) is 50.4 Å². The van der Waals surface area contributed by atoms with Gasteiger partial charge in [-0.3, -0.25) is 4.79 Å². The number of piperidine rings is 1. The fraction of sp³-hybridized carbons (Fsp3) is 0.533. The third-order valence-electron chi connectivity index (χ3n) is 3.94. The molecule has 3 rings (SSSR count). The number of amides is 1. The summed E-state index contributed by atoms with van der Waals surface area (Å²) in [7, 11) is 0. The van der Waals surface area contributed by atoms with Crippen LogP contribution in [-0.4, -0.2) is 25.1 Å². The van der Waals surface area contributed by atoms with E-state index in [0.717, 1.165) is 43.9 Å². The Balaban J connectivity index is 1.66. The Morgan fingerprint density at radius 3 is 3.21 bits per heavy atom. The summed E-state index contributed by atoms with van der Waals surface area (Å²) in [6.45, 7) is 3.87. The van der Waals surface area contributed by atoms with Crippen LogP contribution in [0, 0.1) is 5.92 Å². The zero-order valence-electron chi connectivity index (χ0n) is 11.2. The highest BCUT2D eigenvalue weighted by Gasteiger charge is 2.24. The number of hydrogen-bond donors (Lipinski definition) is 2. The molecule has 0 radical (unpaired) electrons. The van der Waals surface area contributed by atoms with E-state index >= 15 is 0 Å². The monoisotopic (exact) mass is 260 g/mol. The lowest BCUT2D eigenvalue weighted by Crippen LogP contribution is -2.45. The summed E-state index contributed by atoms with van der Waals surface area (Å²) in [4.78, 5) is 12.2. The molecule has 2 N–H and O–H groups in total. The molecule has 2 aliphatic rings. The van der Waals surface area contributed by atoms with Gasteiger partial charge < -0.3 is 15.4 Å². The molecular weight excluding hydrogens is 240 g/mol. The Morgan fingerprint density at radius 2 is 2.37 bits per heavy atom. The first-order chi connectivity index (χ1) is 9.22. The highest BCUT2D eigenvalue weighted by molar-refractivity contribution is 5.95. The summed E-state index contributed by atoms with van der Waals surface area (Å²) in [6.07, 6.45) is 3.00. The molecule has 2 aliphatic heterocycles. The van der Waals surface area contributed by atoms with Crippen LogP contribution < -0.4 is 15.4 Å². The number of anilines is 1. The largest absolute Gasteiger partial charge is 0.493 e. The molecule has 0 saturated carbocycles. The Hall–Kier alpha value is -1.55. The first-order valence-corrected chi connectivity index (χ1v) is 7.02. The van der Waals surface area contributed by atoms with Crippen molar-refractivity contribution in [2.45, 2.75) is 32.2 Å². The molecule has 1 saturated heterocycles. The van der Waals surface area contributed by atoms with Gasteiger partial charge in [0.1, 0.15) is 5.75 Å². The van der Waals surface area contributed by atoms with Gasteiger partial charge in [0, 0.05) is 12.1 Å². The molecule has 1 aromatic carbocycles. The second-order valence-corrected chi connectivity index (χ2v) is 5.55. The van der Waals surface area contributed by atoms with E-state index in [0.29, 0.717) is 5.92 Å². The van der Waals surface area contributed by atoms with Crippen LogP contribution in [0.4, 0.5) is 5.69 Å². The SMILES string of the molecule is CC1CCNC(C(=O)Nc2ccc3c(c2)CCO3)C1. The summed E-state index contributed by atoms with van der Waals surface area (Å²) in [5.41, 5.74) is 2.05. The fourth-order valence-electron chi connectivity index (χ4n) is 2.80. The predicted octanol–water partition coefficient (Wildman–Crippen LogP) is 1.95. The van der Waals surface area contributed by atoms with Crippen molar-refractivity contribution in [3.8, 4) is 5.75 Å². The van der Waals surface area contributed by atoms with E-state index in [-0.39, 0.29) is 11.9 Å². The van der Waals surface area contributed by atoms with Gasteiger partial charge >= 0.3 is 0 Å². The van der Waals surface area contributed by atoms with Gasteiger partial charge in [0.15, 0.2) is 0 Å². The highest BCUT2D eigenvalue weighted by atomic mass is 16.5. The van der Waals surface area contributed by atoms with Crippen molar-refractivity contribution in [1.29, 1.82) is 0 Å². The van der Waals surface area contributed by atoms with E-state index in [1.165, 1.54) is 5.56 Å². The van der Waals surface area contributed by atoms with Gasteiger partial charge in [0.2, 0.25) is 5.91 Å². The summed E-state index contributed by atoms with van der Waals surface area (Å²) >= 11 is 0. The molecule has 2 unspecified atom stereocenters. The normalized spacial score (nSPS) is 25.5. The number of rotatable bonds is 2. The van der Waals surface area contributed by atoms with Gasteiger partial charge in [0.25, 0.3) is 0 Å². The molecule has 1 aromatic rings. The quantitative estimate of drug-likeness (QED) is 0.854. The highest BCUT2D eigenvalue weighted by Crippen LogP contribution is 2.28. The van der Waals surface area contributed by atoms with Gasteiger partial charge in [0.05, 0.1) is 12.6 Å². The average molecular weight is 260 g/mol. The first kappa shape index (κ1) is 12.5. The molecule has 0 aromatic heterocycles. The maximum atomic E-state index is 12.2. The Kier molecular flexibility index (Phi) is 3.42. The van der Waals surface area contributed by atoms with Gasteiger partial charge in [-0.15, -0.1) is 0 Å². The van der Waals surface area contributed by atoms with Crippen LogP contribution in [0.25, 0.3) is 0 Å². The molecule has 102 valence electrons. The van der Waals surface area contributed by atoms with Crippen LogP contribution in [0.15, 0.2) is 18.2 Å². The minimum Gasteiger partial charge on any atom is -0.493 e. The smallest absolute Gasteiger partial charge is 0.241 e. The van der Waals surface area contributed by atoms with Crippen LogP contribution >= 0.6 is 0 Å². The molecule has 0 aliphatic carbocycles. The summed E-state index contributed by atoms with van der Waals surface area (Å²) < 4.78 is 5.46. The maximum Gasteiger partial charge on any atom is 0.241 e. The van der Waals surface area contributed by atoms with Crippen LogP contribution in [0.1, 0.15) is 25.3 Å². The molecule has 1 fully saturated rings. The van der Waals surface area contributed by atoms with Gasteiger partial charge in [-0.25, -0.2) is 0 Å². The van der Waals surface area contributed by atoms with E-state index in [1.54, 1.807) is 0 Å². The lowest BCUT2D eigenvalue weighted by atomic mass is 9.94. The maximum absolute atomic E-state index is 12.2. The summed E-state index contributed by atoms with van der Waals surface area (Å²) in [5.74, 6) is 1.64. The van der Waals surface area contributed by atoms with Gasteiger partial charge in [-0.1, -0.05) is 6.92 Å². The number of hydrogen-bond acceptors (Lipinski definition) is 3. The van der Waals surface area contributed by atoms with Crippen molar-refractivity contribution in [3.63, 3.8) is 0 Å².